The van der Waals surface area contributed by atoms with Gasteiger partial charge in [0.2, 0.25) is 5.95 Å². The van der Waals surface area contributed by atoms with E-state index in [4.69, 9.17) is 5.73 Å². The third-order valence-electron chi connectivity index (χ3n) is 4.59. The summed E-state index contributed by atoms with van der Waals surface area (Å²) < 4.78 is 2.21. The summed E-state index contributed by atoms with van der Waals surface area (Å²) in [6, 6.07) is 8.24. The van der Waals surface area contributed by atoms with Crippen LogP contribution in [-0.2, 0) is 6.54 Å². The van der Waals surface area contributed by atoms with Crippen molar-refractivity contribution in [1.29, 1.82) is 0 Å². The molecule has 0 spiro atoms. The summed E-state index contributed by atoms with van der Waals surface area (Å²) in [6.07, 6.45) is 6.62. The van der Waals surface area contributed by atoms with Gasteiger partial charge in [0.05, 0.1) is 11.0 Å². The van der Waals surface area contributed by atoms with E-state index in [9.17, 15) is 0 Å². The first kappa shape index (κ1) is 11.6. The standard InChI is InChI=1S/C15H21N3/c1-2-15(9-5-6-10-15)11-18-13-8-4-3-7-12(13)17-14(18)16/h3-4,7-8H,2,5-6,9-11H2,1H3,(H2,16,17). The van der Waals surface area contributed by atoms with Crippen molar-refractivity contribution in [2.75, 3.05) is 5.73 Å². The molecule has 0 unspecified atom stereocenters. The van der Waals surface area contributed by atoms with E-state index in [2.05, 4.69) is 28.6 Å². The number of nitrogens with two attached hydrogens (primary N) is 1. The number of benzene rings is 1. The first-order chi connectivity index (χ1) is 8.74. The molecule has 0 saturated heterocycles. The first-order valence-electron chi connectivity index (χ1n) is 6.95. The van der Waals surface area contributed by atoms with Crippen molar-refractivity contribution in [3.05, 3.63) is 24.3 Å². The van der Waals surface area contributed by atoms with Crippen molar-refractivity contribution >= 4 is 17.0 Å². The minimum Gasteiger partial charge on any atom is -0.369 e. The van der Waals surface area contributed by atoms with Crippen molar-refractivity contribution < 1.29 is 0 Å². The minimum atomic E-state index is 0.442. The predicted octanol–water partition coefficient (Wildman–Crippen LogP) is 3.59. The molecule has 1 aliphatic rings. The molecule has 0 amide bonds. The van der Waals surface area contributed by atoms with Gasteiger partial charge in [-0.25, -0.2) is 4.98 Å². The summed E-state index contributed by atoms with van der Waals surface area (Å²) in [4.78, 5) is 4.46. The van der Waals surface area contributed by atoms with Crippen molar-refractivity contribution in [3.8, 4) is 0 Å². The molecule has 3 rings (SSSR count). The molecule has 1 aromatic heterocycles. The average molecular weight is 243 g/mol. The Labute approximate surface area is 108 Å². The molecule has 96 valence electrons. The van der Waals surface area contributed by atoms with Crippen LogP contribution in [0.25, 0.3) is 11.0 Å². The zero-order chi connectivity index (χ0) is 12.6. The van der Waals surface area contributed by atoms with Gasteiger partial charge in [-0.15, -0.1) is 0 Å². The van der Waals surface area contributed by atoms with Gasteiger partial charge in [-0.3, -0.25) is 0 Å². The molecular formula is C15H21N3. The number of hydrogen-bond acceptors (Lipinski definition) is 2. The lowest BCUT2D eigenvalue weighted by atomic mass is 9.83. The number of nitrogen functional groups attached to an aromatic ring is 1. The summed E-state index contributed by atoms with van der Waals surface area (Å²) >= 11 is 0. The molecule has 3 heteroatoms. The van der Waals surface area contributed by atoms with Crippen molar-refractivity contribution in [2.45, 2.75) is 45.6 Å². The maximum absolute atomic E-state index is 6.10. The minimum absolute atomic E-state index is 0.442. The van der Waals surface area contributed by atoms with Crippen LogP contribution in [0, 0.1) is 5.41 Å². The number of imidazole rings is 1. The topological polar surface area (TPSA) is 43.8 Å². The van der Waals surface area contributed by atoms with Crippen LogP contribution < -0.4 is 5.73 Å². The van der Waals surface area contributed by atoms with E-state index < -0.39 is 0 Å². The van der Waals surface area contributed by atoms with Crippen LogP contribution >= 0.6 is 0 Å². The third-order valence-corrected chi connectivity index (χ3v) is 4.59. The van der Waals surface area contributed by atoms with Crippen LogP contribution in [0.4, 0.5) is 5.95 Å². The molecule has 3 nitrogen and oxygen atoms in total. The quantitative estimate of drug-likeness (QED) is 0.895. The van der Waals surface area contributed by atoms with Gasteiger partial charge in [0.25, 0.3) is 0 Å². The van der Waals surface area contributed by atoms with Crippen molar-refractivity contribution in [1.82, 2.24) is 9.55 Å². The summed E-state index contributed by atoms with van der Waals surface area (Å²) in [7, 11) is 0. The number of hydrogen-bond donors (Lipinski definition) is 1. The number of rotatable bonds is 3. The Morgan fingerprint density at radius 2 is 2.00 bits per heavy atom. The fourth-order valence-corrected chi connectivity index (χ4v) is 3.34. The predicted molar refractivity (Wildman–Crippen MR) is 75.3 cm³/mol. The van der Waals surface area contributed by atoms with Gasteiger partial charge in [-0.05, 0) is 36.8 Å². The van der Waals surface area contributed by atoms with E-state index in [0.717, 1.165) is 12.1 Å². The van der Waals surface area contributed by atoms with Crippen LogP contribution in [0.2, 0.25) is 0 Å². The number of fused-ring (bicyclic) bond motifs is 1. The van der Waals surface area contributed by atoms with Crippen LogP contribution in [-0.4, -0.2) is 9.55 Å². The Morgan fingerprint density at radius 3 is 2.72 bits per heavy atom. The van der Waals surface area contributed by atoms with E-state index in [1.165, 1.54) is 37.6 Å². The summed E-state index contributed by atoms with van der Waals surface area (Å²) in [5.74, 6) is 0.663. The SMILES string of the molecule is CCC1(Cn2c(N)nc3ccccc32)CCCC1. The molecule has 0 bridgehead atoms. The molecule has 0 radical (unpaired) electrons. The molecular weight excluding hydrogens is 222 g/mol. The number of para-hydroxylation sites is 2. The summed E-state index contributed by atoms with van der Waals surface area (Å²) in [6.45, 7) is 3.33. The third kappa shape index (κ3) is 1.78. The molecule has 2 N–H and O–H groups in total. The normalized spacial score (nSPS) is 18.5. The smallest absolute Gasteiger partial charge is 0.201 e. The second kappa shape index (κ2) is 4.30. The Morgan fingerprint density at radius 1 is 1.28 bits per heavy atom. The molecule has 0 atom stereocenters. The summed E-state index contributed by atoms with van der Waals surface area (Å²) in [5, 5.41) is 0. The monoisotopic (exact) mass is 243 g/mol. The molecule has 18 heavy (non-hydrogen) atoms. The van der Waals surface area contributed by atoms with Crippen molar-refractivity contribution in [2.24, 2.45) is 5.41 Å². The van der Waals surface area contributed by atoms with Gasteiger partial charge in [0.15, 0.2) is 0 Å². The number of aromatic nitrogens is 2. The molecule has 1 aliphatic carbocycles. The fourth-order valence-electron chi connectivity index (χ4n) is 3.34. The van der Waals surface area contributed by atoms with Crippen LogP contribution in [0.5, 0.6) is 0 Å². The zero-order valence-electron chi connectivity index (χ0n) is 11.0. The molecule has 0 aliphatic heterocycles. The van der Waals surface area contributed by atoms with E-state index in [-0.39, 0.29) is 0 Å². The highest BCUT2D eigenvalue weighted by Crippen LogP contribution is 2.43. The van der Waals surface area contributed by atoms with Crippen LogP contribution in [0.1, 0.15) is 39.0 Å². The van der Waals surface area contributed by atoms with E-state index >= 15 is 0 Å². The van der Waals surface area contributed by atoms with Gasteiger partial charge in [0, 0.05) is 6.54 Å². The lowest BCUT2D eigenvalue weighted by Gasteiger charge is -2.28. The highest BCUT2D eigenvalue weighted by atomic mass is 15.2. The largest absolute Gasteiger partial charge is 0.369 e. The second-order valence-corrected chi connectivity index (χ2v) is 5.61. The van der Waals surface area contributed by atoms with Crippen molar-refractivity contribution in [3.63, 3.8) is 0 Å². The maximum atomic E-state index is 6.10. The number of nitrogens with zero attached hydrogens (tertiary/aromatic N) is 2. The maximum Gasteiger partial charge on any atom is 0.201 e. The summed E-state index contributed by atoms with van der Waals surface area (Å²) in [5.41, 5.74) is 8.73. The van der Waals surface area contributed by atoms with Gasteiger partial charge in [-0.2, -0.15) is 0 Å². The van der Waals surface area contributed by atoms with Crippen LogP contribution in [0.3, 0.4) is 0 Å². The highest BCUT2D eigenvalue weighted by molar-refractivity contribution is 5.78. The second-order valence-electron chi connectivity index (χ2n) is 5.61. The Balaban J connectivity index is 2.01. The Bertz CT molecular complexity index is 550. The first-order valence-corrected chi connectivity index (χ1v) is 6.95. The lowest BCUT2D eigenvalue weighted by molar-refractivity contribution is 0.242. The number of anilines is 1. The molecule has 2 aromatic rings. The van der Waals surface area contributed by atoms with Gasteiger partial charge < -0.3 is 10.3 Å². The Hall–Kier alpha value is -1.51. The van der Waals surface area contributed by atoms with E-state index in [1.54, 1.807) is 0 Å². The van der Waals surface area contributed by atoms with Gasteiger partial charge >= 0.3 is 0 Å². The zero-order valence-corrected chi connectivity index (χ0v) is 11.0. The highest BCUT2D eigenvalue weighted by Gasteiger charge is 2.33. The molecule has 1 heterocycles. The average Bonchev–Trinajstić information content (AvgIpc) is 2.97. The molecule has 1 saturated carbocycles. The lowest BCUT2D eigenvalue weighted by Crippen LogP contribution is -2.23. The van der Waals surface area contributed by atoms with E-state index in [0.29, 0.717) is 11.4 Å². The van der Waals surface area contributed by atoms with Gasteiger partial charge in [-0.1, -0.05) is 31.9 Å². The van der Waals surface area contributed by atoms with Gasteiger partial charge in [0.1, 0.15) is 0 Å². The molecule has 1 fully saturated rings. The van der Waals surface area contributed by atoms with Crippen LogP contribution in [0.15, 0.2) is 24.3 Å². The fraction of sp³-hybridized carbons (Fsp3) is 0.533. The Kier molecular flexibility index (Phi) is 2.77. The molecule has 1 aromatic carbocycles. The van der Waals surface area contributed by atoms with E-state index in [1.807, 2.05) is 12.1 Å².